The number of benzene rings is 1. The highest BCUT2D eigenvalue weighted by Crippen LogP contribution is 2.17. The van der Waals surface area contributed by atoms with Gasteiger partial charge in [0.15, 0.2) is 0 Å². The van der Waals surface area contributed by atoms with Crippen LogP contribution in [0.3, 0.4) is 0 Å². The Balaban J connectivity index is 1.90. The monoisotopic (exact) mass is 390 g/mol. The summed E-state index contributed by atoms with van der Waals surface area (Å²) in [5, 5.41) is 2.79. The maximum atomic E-state index is 12.4. The van der Waals surface area contributed by atoms with Gasteiger partial charge in [-0.1, -0.05) is 19.4 Å². The summed E-state index contributed by atoms with van der Waals surface area (Å²) in [4.78, 5) is 18.2. The van der Waals surface area contributed by atoms with Crippen molar-refractivity contribution in [2.24, 2.45) is 0 Å². The Labute approximate surface area is 160 Å². The van der Waals surface area contributed by atoms with Crippen molar-refractivity contribution in [3.05, 3.63) is 48.7 Å². The van der Waals surface area contributed by atoms with Crippen LogP contribution in [-0.2, 0) is 14.8 Å². The average molecular weight is 391 g/mol. The number of carbonyl (C=O) groups is 1. The number of pyridine rings is 1. The number of rotatable bonds is 10. The van der Waals surface area contributed by atoms with Crippen molar-refractivity contribution < 1.29 is 13.2 Å². The number of anilines is 2. The molecule has 8 heteroatoms. The number of amides is 1. The number of unbranched alkanes of at least 4 members (excludes halogenated alkanes) is 1. The largest absolute Gasteiger partial charge is 0.326 e. The first-order valence-electron chi connectivity index (χ1n) is 8.93. The Bertz CT molecular complexity index is 824. The molecule has 2 N–H and O–H groups in total. The zero-order valence-electron chi connectivity index (χ0n) is 15.7. The van der Waals surface area contributed by atoms with Gasteiger partial charge in [0.2, 0.25) is 5.91 Å². The molecule has 0 saturated carbocycles. The lowest BCUT2D eigenvalue weighted by atomic mass is 10.3. The summed E-state index contributed by atoms with van der Waals surface area (Å²) in [6.45, 7) is 3.79. The van der Waals surface area contributed by atoms with Gasteiger partial charge in [-0.3, -0.25) is 9.52 Å². The molecule has 1 amide bonds. The highest BCUT2D eigenvalue weighted by Gasteiger charge is 2.15. The van der Waals surface area contributed by atoms with Crippen molar-refractivity contribution in [1.29, 1.82) is 0 Å². The minimum atomic E-state index is -3.72. The minimum absolute atomic E-state index is 0.0967. The fourth-order valence-corrected chi connectivity index (χ4v) is 3.40. The lowest BCUT2D eigenvalue weighted by Gasteiger charge is -2.15. The third-order valence-corrected chi connectivity index (χ3v) is 5.34. The van der Waals surface area contributed by atoms with Crippen LogP contribution in [0.15, 0.2) is 53.6 Å². The quantitative estimate of drug-likeness (QED) is 0.651. The molecule has 0 aliphatic heterocycles. The molecule has 0 radical (unpaired) electrons. The van der Waals surface area contributed by atoms with Crippen molar-refractivity contribution in [2.75, 3.05) is 30.2 Å². The van der Waals surface area contributed by atoms with Gasteiger partial charge in [0.05, 0.1) is 4.90 Å². The van der Waals surface area contributed by atoms with Crippen molar-refractivity contribution >= 4 is 27.4 Å². The topological polar surface area (TPSA) is 91.4 Å². The number of hydrogen-bond donors (Lipinski definition) is 2. The fourth-order valence-electron chi connectivity index (χ4n) is 2.39. The smallest absolute Gasteiger partial charge is 0.263 e. The van der Waals surface area contributed by atoms with E-state index in [4.69, 9.17) is 0 Å². The summed E-state index contributed by atoms with van der Waals surface area (Å²) in [7, 11) is -1.72. The zero-order chi connectivity index (χ0) is 19.7. The highest BCUT2D eigenvalue weighted by molar-refractivity contribution is 7.92. The first-order valence-corrected chi connectivity index (χ1v) is 10.4. The summed E-state index contributed by atoms with van der Waals surface area (Å²) in [5.74, 6) is 0.155. The molecule has 0 spiro atoms. The summed E-state index contributed by atoms with van der Waals surface area (Å²) >= 11 is 0. The van der Waals surface area contributed by atoms with Crippen molar-refractivity contribution in [1.82, 2.24) is 9.88 Å². The van der Waals surface area contributed by atoms with Crippen LogP contribution < -0.4 is 10.0 Å². The summed E-state index contributed by atoms with van der Waals surface area (Å²) in [6, 6.07) is 11.0. The van der Waals surface area contributed by atoms with E-state index in [0.717, 1.165) is 19.4 Å². The van der Waals surface area contributed by atoms with Gasteiger partial charge in [-0.15, -0.1) is 0 Å². The Morgan fingerprint density at radius 3 is 2.48 bits per heavy atom. The number of nitrogens with zero attached hydrogens (tertiary/aromatic N) is 2. The van der Waals surface area contributed by atoms with Gasteiger partial charge in [-0.25, -0.2) is 13.4 Å². The molecule has 0 fully saturated rings. The van der Waals surface area contributed by atoms with Crippen LogP contribution in [0.5, 0.6) is 0 Å². The van der Waals surface area contributed by atoms with Crippen LogP contribution in [0.25, 0.3) is 0 Å². The molecule has 0 atom stereocenters. The van der Waals surface area contributed by atoms with Gasteiger partial charge in [-0.05, 0) is 56.4 Å². The molecule has 0 saturated heterocycles. The van der Waals surface area contributed by atoms with E-state index >= 15 is 0 Å². The predicted molar refractivity (Wildman–Crippen MR) is 107 cm³/mol. The van der Waals surface area contributed by atoms with E-state index in [9.17, 15) is 13.2 Å². The number of hydrogen-bond acceptors (Lipinski definition) is 5. The summed E-state index contributed by atoms with van der Waals surface area (Å²) in [5.41, 5.74) is 0.563. The fraction of sp³-hybridized carbons (Fsp3) is 0.368. The maximum absolute atomic E-state index is 12.4. The molecule has 0 aliphatic rings. The van der Waals surface area contributed by atoms with Crippen LogP contribution in [0, 0.1) is 0 Å². The van der Waals surface area contributed by atoms with Crippen molar-refractivity contribution in [3.63, 3.8) is 0 Å². The second kappa shape index (κ2) is 10.0. The van der Waals surface area contributed by atoms with Gasteiger partial charge in [0.25, 0.3) is 10.0 Å². The number of sulfonamides is 1. The average Bonchev–Trinajstić information content (AvgIpc) is 2.65. The van der Waals surface area contributed by atoms with E-state index < -0.39 is 10.0 Å². The summed E-state index contributed by atoms with van der Waals surface area (Å²) < 4.78 is 27.1. The molecule has 1 heterocycles. The van der Waals surface area contributed by atoms with Gasteiger partial charge < -0.3 is 10.2 Å². The van der Waals surface area contributed by atoms with Crippen LogP contribution >= 0.6 is 0 Å². The predicted octanol–water partition coefficient (Wildman–Crippen LogP) is 2.94. The molecule has 0 unspecified atom stereocenters. The van der Waals surface area contributed by atoms with Crippen LogP contribution in [0.4, 0.5) is 11.5 Å². The molecule has 2 aromatic rings. The van der Waals surface area contributed by atoms with Crippen LogP contribution in [0.2, 0.25) is 0 Å². The van der Waals surface area contributed by atoms with E-state index in [1.165, 1.54) is 18.3 Å². The molecule has 0 aliphatic carbocycles. The second-order valence-corrected chi connectivity index (χ2v) is 7.98. The number of aromatic nitrogens is 1. The number of nitrogens with one attached hydrogen (secondary N) is 2. The highest BCUT2D eigenvalue weighted by atomic mass is 32.2. The first-order chi connectivity index (χ1) is 12.9. The maximum Gasteiger partial charge on any atom is 0.263 e. The molecule has 0 bridgehead atoms. The van der Waals surface area contributed by atoms with E-state index in [1.54, 1.807) is 30.3 Å². The van der Waals surface area contributed by atoms with E-state index in [-0.39, 0.29) is 16.6 Å². The Hall–Kier alpha value is -2.45. The van der Waals surface area contributed by atoms with Crippen molar-refractivity contribution in [3.8, 4) is 0 Å². The Kier molecular flexibility index (Phi) is 7.75. The third kappa shape index (κ3) is 6.99. The van der Waals surface area contributed by atoms with Crippen LogP contribution in [-0.4, -0.2) is 44.3 Å². The Morgan fingerprint density at radius 2 is 1.85 bits per heavy atom. The van der Waals surface area contributed by atoms with Gasteiger partial charge in [0, 0.05) is 24.8 Å². The normalized spacial score (nSPS) is 11.4. The van der Waals surface area contributed by atoms with E-state index in [1.807, 2.05) is 7.05 Å². The molecule has 146 valence electrons. The SMILES string of the molecule is CCCCN(C)CCC(=O)Nc1ccc(S(=O)(=O)Nc2ccccn2)cc1. The lowest BCUT2D eigenvalue weighted by Crippen LogP contribution is -2.25. The van der Waals surface area contributed by atoms with Gasteiger partial charge in [-0.2, -0.15) is 0 Å². The second-order valence-electron chi connectivity index (χ2n) is 6.30. The molecular formula is C19H26N4O3S. The first kappa shape index (κ1) is 20.9. The molecule has 7 nitrogen and oxygen atoms in total. The zero-order valence-corrected chi connectivity index (χ0v) is 16.5. The summed E-state index contributed by atoms with van der Waals surface area (Å²) in [6.07, 6.45) is 4.14. The van der Waals surface area contributed by atoms with Gasteiger partial charge >= 0.3 is 0 Å². The third-order valence-electron chi connectivity index (χ3n) is 3.97. The molecule has 1 aromatic heterocycles. The van der Waals surface area contributed by atoms with Gasteiger partial charge in [0.1, 0.15) is 5.82 Å². The van der Waals surface area contributed by atoms with E-state index in [0.29, 0.717) is 18.7 Å². The lowest BCUT2D eigenvalue weighted by molar-refractivity contribution is -0.116. The standard InChI is InChI=1S/C19H26N4O3S/c1-3-4-14-23(2)15-12-19(24)21-16-8-10-17(11-9-16)27(25,26)22-18-7-5-6-13-20-18/h5-11,13H,3-4,12,14-15H2,1-2H3,(H,20,22)(H,21,24). The van der Waals surface area contributed by atoms with E-state index in [2.05, 4.69) is 26.8 Å². The minimum Gasteiger partial charge on any atom is -0.326 e. The molecule has 2 rings (SSSR count). The van der Waals surface area contributed by atoms with Crippen molar-refractivity contribution in [2.45, 2.75) is 31.1 Å². The molecule has 27 heavy (non-hydrogen) atoms. The van der Waals surface area contributed by atoms with Crippen LogP contribution in [0.1, 0.15) is 26.2 Å². The molecular weight excluding hydrogens is 364 g/mol. The molecule has 1 aromatic carbocycles. The Morgan fingerprint density at radius 1 is 1.11 bits per heavy atom. The number of carbonyl (C=O) groups excluding carboxylic acids is 1.